The first-order valence-corrected chi connectivity index (χ1v) is 6.82. The van der Waals surface area contributed by atoms with E-state index in [9.17, 15) is 18.0 Å². The summed E-state index contributed by atoms with van der Waals surface area (Å²) >= 11 is 1.15. The van der Waals surface area contributed by atoms with E-state index in [0.29, 0.717) is 11.2 Å². The molecule has 106 valence electrons. The molecule has 0 N–H and O–H groups in total. The summed E-state index contributed by atoms with van der Waals surface area (Å²) in [6.45, 7) is 0. The molecule has 4 nitrogen and oxygen atoms in total. The predicted molar refractivity (Wildman–Crippen MR) is 68.6 cm³/mol. The van der Waals surface area contributed by atoms with E-state index in [1.54, 1.807) is 18.2 Å². The highest BCUT2D eigenvalue weighted by Crippen LogP contribution is 2.35. The fraction of sp³-hybridized carbons (Fsp3) is 0.417. The third-order valence-electron chi connectivity index (χ3n) is 3.30. The van der Waals surface area contributed by atoms with Gasteiger partial charge in [-0.3, -0.25) is 4.79 Å². The smallest absolute Gasteiger partial charge is 0.309 e. The van der Waals surface area contributed by atoms with Gasteiger partial charge in [0.2, 0.25) is 5.91 Å². The quantitative estimate of drug-likeness (QED) is 0.856. The zero-order valence-electron chi connectivity index (χ0n) is 10.2. The summed E-state index contributed by atoms with van der Waals surface area (Å²) in [5, 5.41) is 3.87. The SMILES string of the molecule is O=C1CCC(CC(F)(F)F)N1c1ccc2nnsc2c1. The molecule has 1 amide bonds. The van der Waals surface area contributed by atoms with Crippen LogP contribution in [-0.4, -0.2) is 27.7 Å². The van der Waals surface area contributed by atoms with Crippen molar-refractivity contribution in [2.45, 2.75) is 31.5 Å². The average Bonchev–Trinajstić information content (AvgIpc) is 2.93. The Balaban J connectivity index is 1.94. The molecule has 1 fully saturated rings. The number of anilines is 1. The lowest BCUT2D eigenvalue weighted by molar-refractivity contribution is -0.138. The molecule has 20 heavy (non-hydrogen) atoms. The van der Waals surface area contributed by atoms with Crippen molar-refractivity contribution in [1.82, 2.24) is 9.59 Å². The van der Waals surface area contributed by atoms with Gasteiger partial charge >= 0.3 is 6.18 Å². The van der Waals surface area contributed by atoms with Crippen LogP contribution < -0.4 is 4.90 Å². The number of hydrogen-bond acceptors (Lipinski definition) is 4. The van der Waals surface area contributed by atoms with Crippen molar-refractivity contribution in [2.75, 3.05) is 4.90 Å². The maximum Gasteiger partial charge on any atom is 0.391 e. The minimum Gasteiger partial charge on any atom is -0.309 e. The van der Waals surface area contributed by atoms with Crippen molar-refractivity contribution < 1.29 is 18.0 Å². The van der Waals surface area contributed by atoms with Gasteiger partial charge < -0.3 is 4.90 Å². The number of amides is 1. The lowest BCUT2D eigenvalue weighted by Gasteiger charge is -2.25. The molecule has 1 unspecified atom stereocenters. The van der Waals surface area contributed by atoms with Crippen molar-refractivity contribution in [3.8, 4) is 0 Å². The van der Waals surface area contributed by atoms with Gasteiger partial charge in [-0.25, -0.2) is 0 Å². The van der Waals surface area contributed by atoms with Crippen LogP contribution in [-0.2, 0) is 4.79 Å². The number of rotatable bonds is 2. The third kappa shape index (κ3) is 2.47. The molecule has 3 rings (SSSR count). The van der Waals surface area contributed by atoms with E-state index in [4.69, 9.17) is 0 Å². The predicted octanol–water partition coefficient (Wildman–Crippen LogP) is 3.14. The van der Waals surface area contributed by atoms with Gasteiger partial charge in [-0.15, -0.1) is 5.10 Å². The van der Waals surface area contributed by atoms with Gasteiger partial charge in [0.15, 0.2) is 0 Å². The second-order valence-electron chi connectivity index (χ2n) is 4.70. The van der Waals surface area contributed by atoms with Crippen molar-refractivity contribution in [3.05, 3.63) is 18.2 Å². The highest BCUT2D eigenvalue weighted by atomic mass is 32.1. The van der Waals surface area contributed by atoms with E-state index in [-0.39, 0.29) is 18.7 Å². The number of nitrogens with zero attached hydrogens (tertiary/aromatic N) is 3. The molecule has 0 bridgehead atoms. The summed E-state index contributed by atoms with van der Waals surface area (Å²) in [6.07, 6.45) is -4.86. The van der Waals surface area contributed by atoms with E-state index in [2.05, 4.69) is 9.59 Å². The van der Waals surface area contributed by atoms with E-state index in [0.717, 1.165) is 16.2 Å². The lowest BCUT2D eigenvalue weighted by atomic mass is 10.1. The summed E-state index contributed by atoms with van der Waals surface area (Å²) < 4.78 is 42.2. The van der Waals surface area contributed by atoms with Crippen LogP contribution in [0.3, 0.4) is 0 Å². The maximum atomic E-state index is 12.6. The highest BCUT2D eigenvalue weighted by molar-refractivity contribution is 7.12. The molecule has 0 radical (unpaired) electrons. The number of fused-ring (bicyclic) bond motifs is 1. The van der Waals surface area contributed by atoms with Crippen LogP contribution in [0, 0.1) is 0 Å². The normalized spacial score (nSPS) is 20.1. The Hall–Kier alpha value is -1.70. The largest absolute Gasteiger partial charge is 0.391 e. The minimum atomic E-state index is -4.27. The topological polar surface area (TPSA) is 46.1 Å². The Labute approximate surface area is 116 Å². The first kappa shape index (κ1) is 13.3. The third-order valence-corrected chi connectivity index (χ3v) is 3.99. The highest BCUT2D eigenvalue weighted by Gasteiger charge is 2.40. The maximum absolute atomic E-state index is 12.6. The average molecular weight is 301 g/mol. The first-order valence-electron chi connectivity index (χ1n) is 6.05. The molecular weight excluding hydrogens is 291 g/mol. The van der Waals surface area contributed by atoms with Gasteiger partial charge in [0.05, 0.1) is 11.1 Å². The van der Waals surface area contributed by atoms with Crippen molar-refractivity contribution in [1.29, 1.82) is 0 Å². The second-order valence-corrected chi connectivity index (χ2v) is 5.49. The summed E-state index contributed by atoms with van der Waals surface area (Å²) in [6, 6.07) is 4.15. The molecule has 1 saturated heterocycles. The van der Waals surface area contributed by atoms with E-state index in [1.165, 1.54) is 4.90 Å². The van der Waals surface area contributed by atoms with E-state index >= 15 is 0 Å². The molecule has 8 heteroatoms. The van der Waals surface area contributed by atoms with Crippen molar-refractivity contribution in [2.24, 2.45) is 0 Å². The Bertz CT molecular complexity index is 655. The number of carbonyl (C=O) groups is 1. The van der Waals surface area contributed by atoms with Crippen LogP contribution in [0.4, 0.5) is 18.9 Å². The number of hydrogen-bond donors (Lipinski definition) is 0. The Morgan fingerprint density at radius 2 is 2.20 bits per heavy atom. The van der Waals surface area contributed by atoms with Crippen LogP contribution in [0.25, 0.3) is 10.2 Å². The van der Waals surface area contributed by atoms with Gasteiger partial charge in [-0.2, -0.15) is 13.2 Å². The minimum absolute atomic E-state index is 0.153. The van der Waals surface area contributed by atoms with Gasteiger partial charge in [0.1, 0.15) is 5.52 Å². The van der Waals surface area contributed by atoms with Crippen LogP contribution >= 0.6 is 11.5 Å². The molecule has 1 aromatic heterocycles. The number of alkyl halides is 3. The van der Waals surface area contributed by atoms with E-state index in [1.807, 2.05) is 0 Å². The van der Waals surface area contributed by atoms with Crippen LogP contribution in [0.2, 0.25) is 0 Å². The van der Waals surface area contributed by atoms with E-state index < -0.39 is 18.6 Å². The Morgan fingerprint density at radius 1 is 1.40 bits per heavy atom. The fourth-order valence-electron chi connectivity index (χ4n) is 2.48. The molecule has 1 atom stereocenters. The number of aromatic nitrogens is 2. The molecule has 2 aromatic rings. The van der Waals surface area contributed by atoms with Crippen LogP contribution in [0.5, 0.6) is 0 Å². The van der Waals surface area contributed by atoms with Crippen molar-refractivity contribution in [3.63, 3.8) is 0 Å². The first-order chi connectivity index (χ1) is 9.44. The molecule has 2 heterocycles. The second kappa shape index (κ2) is 4.69. The molecule has 0 saturated carbocycles. The van der Waals surface area contributed by atoms with Crippen LogP contribution in [0.1, 0.15) is 19.3 Å². The van der Waals surface area contributed by atoms with Gasteiger partial charge in [-0.05, 0) is 36.2 Å². The number of benzene rings is 1. The number of halogens is 3. The van der Waals surface area contributed by atoms with Gasteiger partial charge in [0, 0.05) is 18.2 Å². The fourth-order valence-corrected chi connectivity index (χ4v) is 3.07. The molecule has 1 aliphatic rings. The molecule has 0 aliphatic carbocycles. The Kier molecular flexibility index (Phi) is 3.12. The Morgan fingerprint density at radius 3 is 2.95 bits per heavy atom. The molecule has 1 aromatic carbocycles. The summed E-state index contributed by atoms with van der Waals surface area (Å²) in [4.78, 5) is 13.1. The summed E-state index contributed by atoms with van der Waals surface area (Å²) in [5.74, 6) is -0.268. The van der Waals surface area contributed by atoms with Crippen LogP contribution in [0.15, 0.2) is 18.2 Å². The van der Waals surface area contributed by atoms with Gasteiger partial charge in [0.25, 0.3) is 0 Å². The lowest BCUT2D eigenvalue weighted by Crippen LogP contribution is -2.36. The summed E-state index contributed by atoms with van der Waals surface area (Å²) in [5.41, 5.74) is 1.16. The zero-order chi connectivity index (χ0) is 14.3. The standard InChI is InChI=1S/C12H10F3N3OS/c13-12(14,15)6-8-2-4-11(19)18(8)7-1-3-9-10(5-7)20-17-16-9/h1,3,5,8H,2,4,6H2. The van der Waals surface area contributed by atoms with Crippen molar-refractivity contribution >= 4 is 33.3 Å². The molecule has 1 aliphatic heterocycles. The van der Waals surface area contributed by atoms with Gasteiger partial charge in [-0.1, -0.05) is 4.49 Å². The molecular formula is C12H10F3N3OS. The monoisotopic (exact) mass is 301 g/mol. The molecule has 0 spiro atoms. The number of carbonyl (C=O) groups excluding carboxylic acids is 1. The zero-order valence-corrected chi connectivity index (χ0v) is 11.0. The summed E-state index contributed by atoms with van der Waals surface area (Å²) in [7, 11) is 0.